The van der Waals surface area contributed by atoms with E-state index in [9.17, 15) is 24.3 Å². The molecule has 3 atom stereocenters. The van der Waals surface area contributed by atoms with E-state index in [0.717, 1.165) is 21.9 Å². The number of fused-ring (bicyclic) bond motifs is 1. The zero-order chi connectivity index (χ0) is 32.4. The second-order valence-electron chi connectivity index (χ2n) is 9.55. The first-order valence-corrected chi connectivity index (χ1v) is 15.9. The van der Waals surface area contributed by atoms with Gasteiger partial charge in [0.05, 0.1) is 17.7 Å². The maximum atomic E-state index is 13.2. The summed E-state index contributed by atoms with van der Waals surface area (Å²) >= 11 is 3.44. The number of nitrogens with two attached hydrogens (primary N) is 3. The first-order valence-electron chi connectivity index (χ1n) is 13.0. The smallest absolute Gasteiger partial charge is 0.347 e. The van der Waals surface area contributed by atoms with Crippen LogP contribution in [-0.4, -0.2) is 78.5 Å². The Morgan fingerprint density at radius 2 is 2.00 bits per heavy atom. The van der Waals surface area contributed by atoms with Crippen LogP contribution in [-0.2, 0) is 24.0 Å². The van der Waals surface area contributed by atoms with Gasteiger partial charge >= 0.3 is 11.1 Å². The van der Waals surface area contributed by atoms with Crippen LogP contribution in [0, 0.1) is 0 Å². The fraction of sp³-hybridized carbons (Fsp3) is 0.231. The largest absolute Gasteiger partial charge is 0.543 e. The highest BCUT2D eigenvalue weighted by atomic mass is 32.2. The number of carboxylic acid groups (broad SMARTS) is 2. The van der Waals surface area contributed by atoms with E-state index < -0.39 is 47.0 Å². The third-order valence-electron chi connectivity index (χ3n) is 6.52. The Hall–Kier alpha value is -4.88. The van der Waals surface area contributed by atoms with Gasteiger partial charge in [0, 0.05) is 16.9 Å². The lowest BCUT2D eigenvalue weighted by Crippen LogP contribution is -2.71. The molecule has 234 valence electrons. The van der Waals surface area contributed by atoms with Gasteiger partial charge in [-0.3, -0.25) is 14.5 Å². The van der Waals surface area contributed by atoms with E-state index in [4.69, 9.17) is 27.1 Å². The number of rotatable bonds is 11. The average molecular weight is 672 g/mol. The molecule has 4 heterocycles. The van der Waals surface area contributed by atoms with E-state index in [0.29, 0.717) is 16.5 Å². The van der Waals surface area contributed by atoms with Gasteiger partial charge in [0.25, 0.3) is 11.8 Å². The number of carboxylic acids is 2. The van der Waals surface area contributed by atoms with Crippen molar-refractivity contribution >= 4 is 81.1 Å². The van der Waals surface area contributed by atoms with E-state index in [2.05, 4.69) is 20.4 Å². The topological polar surface area (TPSA) is 256 Å². The van der Waals surface area contributed by atoms with Gasteiger partial charge in [-0.1, -0.05) is 28.3 Å². The average Bonchev–Trinajstić information content (AvgIpc) is 3.43. The van der Waals surface area contributed by atoms with Crippen molar-refractivity contribution in [3.8, 4) is 5.69 Å². The van der Waals surface area contributed by atoms with Crippen LogP contribution in [0.3, 0.4) is 0 Å². The number of benzene rings is 1. The van der Waals surface area contributed by atoms with Gasteiger partial charge < -0.3 is 42.4 Å². The molecule has 16 nitrogen and oxygen atoms in total. The molecule has 3 aromatic rings. The number of nitrogens with one attached hydrogen (secondary N) is 1. The van der Waals surface area contributed by atoms with Gasteiger partial charge in [-0.2, -0.15) is 4.57 Å². The summed E-state index contributed by atoms with van der Waals surface area (Å²) in [7, 11) is 0. The van der Waals surface area contributed by atoms with E-state index in [-0.39, 0.29) is 33.8 Å². The predicted octanol–water partition coefficient (Wildman–Crippen LogP) is -1.05. The maximum absolute atomic E-state index is 13.2. The van der Waals surface area contributed by atoms with Gasteiger partial charge in [-0.25, -0.2) is 9.78 Å². The number of β-lactam (4-membered cyclic amide) rings is 1. The van der Waals surface area contributed by atoms with Gasteiger partial charge in [-0.15, -0.1) is 23.1 Å². The van der Waals surface area contributed by atoms with Crippen molar-refractivity contribution in [2.75, 3.05) is 28.7 Å². The van der Waals surface area contributed by atoms with Crippen LogP contribution in [0.1, 0.15) is 12.6 Å². The number of nitrogens with zero attached hydrogens (tertiary/aromatic N) is 5. The molecule has 5 rings (SSSR count). The molecule has 0 bridgehead atoms. The Kier molecular flexibility index (Phi) is 9.11. The molecule has 2 aromatic heterocycles. The molecule has 0 spiro atoms. The molecule has 0 saturated carbocycles. The van der Waals surface area contributed by atoms with Crippen molar-refractivity contribution in [2.45, 2.75) is 29.6 Å². The minimum Gasteiger partial charge on any atom is -0.543 e. The second kappa shape index (κ2) is 13.0. The van der Waals surface area contributed by atoms with Crippen LogP contribution in [0.2, 0.25) is 0 Å². The normalized spacial score (nSPS) is 18.6. The molecule has 1 aromatic carbocycles. The second-order valence-corrected chi connectivity index (χ2v) is 12.5. The van der Waals surface area contributed by atoms with Gasteiger partial charge in [0.15, 0.2) is 10.8 Å². The third kappa shape index (κ3) is 6.49. The standard InChI is InChI=1S/C26H25N9O7S3/c1-11(23(38)39)42-33-17(14-10-44-25(29)30-14)20(36)32-18-21(37)35-19(24(40)41)12(8-43-22(18)35)9-45-26-31-15(27)7-16(28)34(26)13-5-3-2-4-6-13/h2-7,10-11,18,22H,8-9H2,1H3,(H8,27,28,29,30,32,36,38,39,40,41)/b33-17-. The molecule has 3 unspecified atom stereocenters. The first kappa shape index (κ1) is 31.5. The minimum absolute atomic E-state index is 0.00526. The number of carbonyl (C=O) groups is 4. The predicted molar refractivity (Wildman–Crippen MR) is 164 cm³/mol. The van der Waals surface area contributed by atoms with Gasteiger partial charge in [0.1, 0.15) is 22.8 Å². The number of hydrogen-bond acceptors (Lipinski definition) is 15. The summed E-state index contributed by atoms with van der Waals surface area (Å²) in [6, 6.07) is 9.55. The Labute approximate surface area is 267 Å². The zero-order valence-corrected chi connectivity index (χ0v) is 25.7. The number of thioether (sulfide) groups is 2. The van der Waals surface area contributed by atoms with Crippen molar-refractivity contribution in [3.05, 3.63) is 58.7 Å². The summed E-state index contributed by atoms with van der Waals surface area (Å²) in [6.07, 6.45) is -1.38. The number of para-hydroxylation sites is 1. The molecule has 1 fully saturated rings. The Morgan fingerprint density at radius 3 is 2.64 bits per heavy atom. The summed E-state index contributed by atoms with van der Waals surface area (Å²) in [5, 5.41) is 28.8. The lowest BCUT2D eigenvalue weighted by molar-refractivity contribution is -0.626. The SMILES string of the molecule is CC(O/N=C(\C(=O)NC1C(=O)N2C(C(=O)[O-])=C(CSc3nc(N)cc(N)[n+]3-c3ccccc3)CSC12)c1csc(N)n1)C(=O)O. The van der Waals surface area contributed by atoms with E-state index in [1.807, 2.05) is 30.3 Å². The fourth-order valence-corrected chi connectivity index (χ4v) is 7.45. The molecule has 1 saturated heterocycles. The molecular formula is C26H25N9O7S3. The highest BCUT2D eigenvalue weighted by Crippen LogP contribution is 2.41. The highest BCUT2D eigenvalue weighted by Gasteiger charge is 2.53. The lowest BCUT2D eigenvalue weighted by atomic mass is 10.0. The van der Waals surface area contributed by atoms with Crippen LogP contribution in [0.5, 0.6) is 0 Å². The summed E-state index contributed by atoms with van der Waals surface area (Å²) in [4.78, 5) is 64.3. The van der Waals surface area contributed by atoms with E-state index in [1.165, 1.54) is 41.9 Å². The molecule has 45 heavy (non-hydrogen) atoms. The van der Waals surface area contributed by atoms with Crippen LogP contribution >= 0.6 is 34.9 Å². The van der Waals surface area contributed by atoms with Crippen molar-refractivity contribution in [2.24, 2.45) is 5.16 Å². The summed E-state index contributed by atoms with van der Waals surface area (Å²) in [6.45, 7) is 1.21. The molecule has 2 aliphatic rings. The van der Waals surface area contributed by atoms with Crippen LogP contribution in [0.4, 0.5) is 16.8 Å². The Balaban J connectivity index is 1.35. The number of hydrogen-bond donors (Lipinski definition) is 5. The number of thiazole rings is 1. The van der Waals surface area contributed by atoms with Crippen molar-refractivity contribution < 1.29 is 38.8 Å². The lowest BCUT2D eigenvalue weighted by Gasteiger charge is -2.50. The number of anilines is 3. The molecule has 2 aliphatic heterocycles. The fourth-order valence-electron chi connectivity index (χ4n) is 4.37. The summed E-state index contributed by atoms with van der Waals surface area (Å²) in [5.41, 5.74) is 18.3. The van der Waals surface area contributed by atoms with Crippen LogP contribution in [0.15, 0.2) is 63.4 Å². The quantitative estimate of drug-likeness (QED) is 0.0407. The minimum atomic E-state index is -1.55. The molecule has 0 radical (unpaired) electrons. The van der Waals surface area contributed by atoms with E-state index >= 15 is 0 Å². The third-order valence-corrected chi connectivity index (χ3v) is 9.55. The number of oxime groups is 1. The molecule has 8 N–H and O–H groups in total. The summed E-state index contributed by atoms with van der Waals surface area (Å²) < 4.78 is 1.68. The number of aliphatic carboxylic acids is 2. The monoisotopic (exact) mass is 671 g/mol. The van der Waals surface area contributed by atoms with Crippen molar-refractivity contribution in [1.82, 2.24) is 20.2 Å². The molecule has 2 amide bonds. The maximum Gasteiger partial charge on any atom is 0.347 e. The number of nitrogen functional groups attached to an aromatic ring is 3. The van der Waals surface area contributed by atoms with Crippen LogP contribution in [0.25, 0.3) is 5.69 Å². The molecular weight excluding hydrogens is 647 g/mol. The molecule has 0 aliphatic carbocycles. The Morgan fingerprint density at radius 1 is 1.27 bits per heavy atom. The summed E-state index contributed by atoms with van der Waals surface area (Å²) in [5.74, 6) is -3.64. The van der Waals surface area contributed by atoms with Crippen LogP contribution < -0.4 is 32.2 Å². The van der Waals surface area contributed by atoms with E-state index in [1.54, 1.807) is 4.57 Å². The Bertz CT molecular complexity index is 1750. The molecule has 19 heteroatoms. The zero-order valence-electron chi connectivity index (χ0n) is 23.3. The van der Waals surface area contributed by atoms with Crippen molar-refractivity contribution in [1.29, 1.82) is 0 Å². The van der Waals surface area contributed by atoms with Gasteiger partial charge in [0.2, 0.25) is 17.7 Å². The first-order chi connectivity index (χ1) is 21.5. The number of aromatic nitrogens is 3. The highest BCUT2D eigenvalue weighted by molar-refractivity contribution is 8.01. The number of carbonyl (C=O) groups excluding carboxylic acids is 3. The number of amides is 2. The van der Waals surface area contributed by atoms with Gasteiger partial charge in [-0.05, 0) is 36.4 Å². The van der Waals surface area contributed by atoms with Crippen molar-refractivity contribution in [3.63, 3.8) is 0 Å².